The zero-order valence-electron chi connectivity index (χ0n) is 10.2. The molecular weight excluding hydrogens is 200 g/mol. The van der Waals surface area contributed by atoms with Crippen molar-refractivity contribution in [1.82, 2.24) is 0 Å². The maximum Gasteiger partial charge on any atom is 0.140 e. The van der Waals surface area contributed by atoms with Gasteiger partial charge in [0, 0.05) is 17.9 Å². The summed E-state index contributed by atoms with van der Waals surface area (Å²) in [5, 5.41) is 0. The molecule has 86 valence electrons. The van der Waals surface area contributed by atoms with Crippen LogP contribution in [0, 0.1) is 13.8 Å². The molecule has 1 atom stereocenters. The summed E-state index contributed by atoms with van der Waals surface area (Å²) >= 11 is 0. The number of hydrogen-bond donors (Lipinski definition) is 0. The van der Waals surface area contributed by atoms with Gasteiger partial charge in [0.1, 0.15) is 11.5 Å². The molecule has 2 heteroatoms. The van der Waals surface area contributed by atoms with Crippen molar-refractivity contribution in [2.24, 2.45) is 0 Å². The minimum absolute atomic E-state index is 0.0641. The second-order valence-corrected chi connectivity index (χ2v) is 4.54. The smallest absolute Gasteiger partial charge is 0.140 e. The molecule has 1 aliphatic rings. The van der Waals surface area contributed by atoms with E-state index < -0.39 is 0 Å². The Hall–Kier alpha value is -1.31. The first-order valence-electron chi connectivity index (χ1n) is 5.82. The molecule has 0 heterocycles. The molecule has 0 aromatic heterocycles. The van der Waals surface area contributed by atoms with E-state index in [0.29, 0.717) is 5.78 Å². The number of carbonyl (C=O) groups is 1. The fraction of sp³-hybridized carbons (Fsp3) is 0.500. The van der Waals surface area contributed by atoms with Crippen LogP contribution in [-0.4, -0.2) is 12.9 Å². The second-order valence-electron chi connectivity index (χ2n) is 4.54. The minimum atomic E-state index is 0.0641. The molecule has 16 heavy (non-hydrogen) atoms. The summed E-state index contributed by atoms with van der Waals surface area (Å²) in [7, 11) is 1.69. The van der Waals surface area contributed by atoms with Gasteiger partial charge in [0.05, 0.1) is 7.11 Å². The van der Waals surface area contributed by atoms with Crippen LogP contribution in [0.4, 0.5) is 0 Å². The Bertz CT molecular complexity index is 421. The second kappa shape index (κ2) is 4.28. The lowest BCUT2D eigenvalue weighted by atomic mass is 9.92. The Labute approximate surface area is 96.6 Å². The first-order valence-corrected chi connectivity index (χ1v) is 5.82. The van der Waals surface area contributed by atoms with E-state index in [1.54, 1.807) is 7.11 Å². The average molecular weight is 218 g/mol. The van der Waals surface area contributed by atoms with Gasteiger partial charge in [-0.1, -0.05) is 12.1 Å². The van der Waals surface area contributed by atoms with E-state index in [0.717, 1.165) is 36.1 Å². The van der Waals surface area contributed by atoms with Crippen LogP contribution in [0.25, 0.3) is 0 Å². The number of rotatable bonds is 2. The predicted molar refractivity (Wildman–Crippen MR) is 64.1 cm³/mol. The molecule has 0 aliphatic heterocycles. The monoisotopic (exact) mass is 218 g/mol. The Kier molecular flexibility index (Phi) is 2.99. The normalized spacial score (nSPS) is 20.2. The van der Waals surface area contributed by atoms with Crippen LogP contribution in [0.1, 0.15) is 41.9 Å². The molecule has 1 unspecified atom stereocenters. The zero-order valence-corrected chi connectivity index (χ0v) is 10.2. The van der Waals surface area contributed by atoms with Gasteiger partial charge in [0.15, 0.2) is 0 Å². The highest BCUT2D eigenvalue weighted by molar-refractivity contribution is 5.88. The first-order chi connectivity index (χ1) is 7.65. The lowest BCUT2D eigenvalue weighted by Crippen LogP contribution is -2.07. The summed E-state index contributed by atoms with van der Waals surface area (Å²) in [5.74, 6) is 1.33. The van der Waals surface area contributed by atoms with Crippen molar-refractivity contribution in [3.05, 3.63) is 28.8 Å². The van der Waals surface area contributed by atoms with Crippen LogP contribution in [0.15, 0.2) is 12.1 Å². The van der Waals surface area contributed by atoms with Crippen molar-refractivity contribution in [3.63, 3.8) is 0 Å². The average Bonchev–Trinajstić information content (AvgIpc) is 2.68. The van der Waals surface area contributed by atoms with E-state index in [4.69, 9.17) is 4.74 Å². The first kappa shape index (κ1) is 11.2. The molecule has 1 aliphatic carbocycles. The summed E-state index contributed by atoms with van der Waals surface area (Å²) in [6.07, 6.45) is 2.71. The van der Waals surface area contributed by atoms with E-state index in [9.17, 15) is 4.79 Å². The molecule has 0 spiro atoms. The van der Waals surface area contributed by atoms with Crippen molar-refractivity contribution in [2.75, 3.05) is 7.11 Å². The lowest BCUT2D eigenvalue weighted by molar-refractivity contribution is -0.118. The van der Waals surface area contributed by atoms with Gasteiger partial charge >= 0.3 is 0 Å². The summed E-state index contributed by atoms with van der Waals surface area (Å²) in [4.78, 5) is 11.8. The highest BCUT2D eigenvalue weighted by Crippen LogP contribution is 2.38. The Morgan fingerprint density at radius 2 is 2.06 bits per heavy atom. The molecule has 1 saturated carbocycles. The van der Waals surface area contributed by atoms with Gasteiger partial charge in [0.2, 0.25) is 0 Å². The molecule has 2 rings (SSSR count). The summed E-state index contributed by atoms with van der Waals surface area (Å²) in [6, 6.07) is 4.13. The third-order valence-electron chi connectivity index (χ3n) is 3.59. The molecule has 0 saturated heterocycles. The Balaban J connectivity index is 2.48. The third-order valence-corrected chi connectivity index (χ3v) is 3.59. The number of benzene rings is 1. The molecule has 1 aromatic rings. The molecule has 1 aromatic carbocycles. The lowest BCUT2D eigenvalue weighted by Gasteiger charge is -2.17. The van der Waals surface area contributed by atoms with Crippen LogP contribution in [-0.2, 0) is 4.79 Å². The molecule has 0 N–H and O–H groups in total. The zero-order chi connectivity index (χ0) is 11.7. The van der Waals surface area contributed by atoms with Crippen LogP contribution < -0.4 is 4.74 Å². The van der Waals surface area contributed by atoms with Crippen molar-refractivity contribution in [2.45, 2.75) is 39.0 Å². The van der Waals surface area contributed by atoms with E-state index in [2.05, 4.69) is 26.0 Å². The van der Waals surface area contributed by atoms with Crippen molar-refractivity contribution in [3.8, 4) is 5.75 Å². The molecular formula is C14H18O2. The van der Waals surface area contributed by atoms with Crippen LogP contribution >= 0.6 is 0 Å². The van der Waals surface area contributed by atoms with Gasteiger partial charge in [-0.05, 0) is 37.8 Å². The van der Waals surface area contributed by atoms with Crippen molar-refractivity contribution < 1.29 is 9.53 Å². The van der Waals surface area contributed by atoms with Crippen LogP contribution in [0.2, 0.25) is 0 Å². The number of Topliss-reactive ketones (excluding diaryl/α,β-unsaturated/α-hetero) is 1. The number of ether oxygens (including phenoxy) is 1. The van der Waals surface area contributed by atoms with E-state index in [1.165, 1.54) is 5.56 Å². The van der Waals surface area contributed by atoms with Crippen LogP contribution in [0.3, 0.4) is 0 Å². The SMILES string of the molecule is COc1c(C2CCCC2=O)ccc(C)c1C. The van der Waals surface area contributed by atoms with E-state index in [1.807, 2.05) is 0 Å². The summed E-state index contributed by atoms with van der Waals surface area (Å²) < 4.78 is 5.47. The number of methoxy groups -OCH3 is 1. The number of hydrogen-bond acceptors (Lipinski definition) is 2. The quantitative estimate of drug-likeness (QED) is 0.762. The number of aryl methyl sites for hydroxylation is 1. The largest absolute Gasteiger partial charge is 0.496 e. The third kappa shape index (κ3) is 1.73. The molecule has 2 nitrogen and oxygen atoms in total. The number of carbonyl (C=O) groups excluding carboxylic acids is 1. The fourth-order valence-corrected chi connectivity index (χ4v) is 2.50. The molecule has 0 radical (unpaired) electrons. The maximum absolute atomic E-state index is 11.8. The van der Waals surface area contributed by atoms with E-state index in [-0.39, 0.29) is 5.92 Å². The minimum Gasteiger partial charge on any atom is -0.496 e. The Morgan fingerprint density at radius 3 is 2.62 bits per heavy atom. The summed E-state index contributed by atoms with van der Waals surface area (Å²) in [6.45, 7) is 4.12. The molecule has 1 fully saturated rings. The van der Waals surface area contributed by atoms with E-state index >= 15 is 0 Å². The molecule has 0 bridgehead atoms. The fourth-order valence-electron chi connectivity index (χ4n) is 2.50. The van der Waals surface area contributed by atoms with Gasteiger partial charge in [-0.15, -0.1) is 0 Å². The highest BCUT2D eigenvalue weighted by atomic mass is 16.5. The van der Waals surface area contributed by atoms with Gasteiger partial charge in [-0.25, -0.2) is 0 Å². The Morgan fingerprint density at radius 1 is 1.31 bits per heavy atom. The number of ketones is 1. The van der Waals surface area contributed by atoms with Gasteiger partial charge in [-0.2, -0.15) is 0 Å². The van der Waals surface area contributed by atoms with Crippen molar-refractivity contribution >= 4 is 5.78 Å². The van der Waals surface area contributed by atoms with Gasteiger partial charge < -0.3 is 4.74 Å². The maximum atomic E-state index is 11.8. The molecule has 0 amide bonds. The van der Waals surface area contributed by atoms with Gasteiger partial charge in [-0.3, -0.25) is 4.79 Å². The van der Waals surface area contributed by atoms with Crippen LogP contribution in [0.5, 0.6) is 5.75 Å². The standard InChI is InChI=1S/C14H18O2/c1-9-7-8-12(14(16-3)10(9)2)11-5-4-6-13(11)15/h7-8,11H,4-6H2,1-3H3. The van der Waals surface area contributed by atoms with Gasteiger partial charge in [0.25, 0.3) is 0 Å². The summed E-state index contributed by atoms with van der Waals surface area (Å²) in [5.41, 5.74) is 3.44. The highest BCUT2D eigenvalue weighted by Gasteiger charge is 2.29. The predicted octanol–water partition coefficient (Wildman–Crippen LogP) is 3.15. The topological polar surface area (TPSA) is 26.3 Å². The van der Waals surface area contributed by atoms with Crippen molar-refractivity contribution in [1.29, 1.82) is 0 Å².